The van der Waals surface area contributed by atoms with Gasteiger partial charge in [-0.05, 0) is 65.8 Å². The van der Waals surface area contributed by atoms with Gasteiger partial charge in [0.25, 0.3) is 5.91 Å². The summed E-state index contributed by atoms with van der Waals surface area (Å²) in [5.41, 5.74) is 3.00. The van der Waals surface area contributed by atoms with Gasteiger partial charge in [0.05, 0.1) is 0 Å². The molecule has 0 bridgehead atoms. The molecule has 0 radical (unpaired) electrons. The number of hydrogen-bond donors (Lipinski definition) is 1. The Kier molecular flexibility index (Phi) is 8.15. The number of nitrogens with one attached hydrogen (secondary N) is 1. The molecule has 4 nitrogen and oxygen atoms in total. The van der Waals surface area contributed by atoms with Gasteiger partial charge >= 0.3 is 0 Å². The molecule has 4 rings (SSSR count). The number of rotatable bonds is 6. The second kappa shape index (κ2) is 11.3. The highest BCUT2D eigenvalue weighted by Crippen LogP contribution is 2.33. The number of halogens is 1. The third-order valence-corrected chi connectivity index (χ3v) is 7.11. The Morgan fingerprint density at radius 2 is 1.56 bits per heavy atom. The second-order valence-electron chi connectivity index (χ2n) is 10.6. The van der Waals surface area contributed by atoms with E-state index in [1.807, 2.05) is 54.6 Å². The van der Waals surface area contributed by atoms with Crippen LogP contribution in [-0.4, -0.2) is 17.9 Å². The number of anilines is 1. The predicted molar refractivity (Wildman–Crippen MR) is 148 cm³/mol. The third kappa shape index (κ3) is 6.17. The van der Waals surface area contributed by atoms with Crippen LogP contribution >= 0.6 is 11.6 Å². The van der Waals surface area contributed by atoms with Crippen molar-refractivity contribution in [2.24, 2.45) is 0 Å². The van der Waals surface area contributed by atoms with Crippen molar-refractivity contribution in [3.8, 4) is 0 Å². The lowest BCUT2D eigenvalue weighted by Gasteiger charge is -2.34. The molecule has 0 spiro atoms. The van der Waals surface area contributed by atoms with Crippen LogP contribution < -0.4 is 10.2 Å². The number of carbonyl (C=O) groups excluding carboxylic acids is 2. The summed E-state index contributed by atoms with van der Waals surface area (Å²) in [6, 6.07) is 23.6. The zero-order chi connectivity index (χ0) is 25.7. The standard InChI is InChI=1S/C31H35ClN2O2/c1-31(2,3)24-17-19-27(20-18-24)34(30(36)22-11-6-4-7-12-22)28(23-13-10-14-25(32)21-23)29(35)33-26-15-8-5-9-16-26/h4,6-7,10-14,17-21,26,28H,5,8-9,15-16H2,1-3H3,(H,33,35). The average Bonchev–Trinajstić information content (AvgIpc) is 2.87. The summed E-state index contributed by atoms with van der Waals surface area (Å²) in [7, 11) is 0. The minimum Gasteiger partial charge on any atom is -0.351 e. The molecular weight excluding hydrogens is 468 g/mol. The smallest absolute Gasteiger partial charge is 0.259 e. The van der Waals surface area contributed by atoms with Crippen molar-refractivity contribution in [3.63, 3.8) is 0 Å². The van der Waals surface area contributed by atoms with E-state index >= 15 is 0 Å². The molecule has 1 unspecified atom stereocenters. The molecule has 0 saturated heterocycles. The molecule has 2 amide bonds. The van der Waals surface area contributed by atoms with Crippen molar-refractivity contribution in [2.45, 2.75) is 70.4 Å². The van der Waals surface area contributed by atoms with Gasteiger partial charge in [-0.3, -0.25) is 14.5 Å². The lowest BCUT2D eigenvalue weighted by atomic mass is 9.87. The highest BCUT2D eigenvalue weighted by molar-refractivity contribution is 6.30. The third-order valence-electron chi connectivity index (χ3n) is 6.87. The minimum absolute atomic E-state index is 0.0302. The van der Waals surface area contributed by atoms with Gasteiger partial charge in [-0.2, -0.15) is 0 Å². The van der Waals surface area contributed by atoms with Crippen molar-refractivity contribution in [1.82, 2.24) is 5.32 Å². The highest BCUT2D eigenvalue weighted by Gasteiger charge is 2.35. The Balaban J connectivity index is 1.81. The minimum atomic E-state index is -0.862. The molecule has 1 N–H and O–H groups in total. The van der Waals surface area contributed by atoms with E-state index in [1.54, 1.807) is 29.2 Å². The molecule has 188 valence electrons. The first-order chi connectivity index (χ1) is 17.2. The molecular formula is C31H35ClN2O2. The average molecular weight is 503 g/mol. The van der Waals surface area contributed by atoms with Crippen LogP contribution in [-0.2, 0) is 10.2 Å². The largest absolute Gasteiger partial charge is 0.351 e. The van der Waals surface area contributed by atoms with Crippen molar-refractivity contribution in [3.05, 3.63) is 101 Å². The molecule has 1 fully saturated rings. The van der Waals surface area contributed by atoms with E-state index in [4.69, 9.17) is 11.6 Å². The van der Waals surface area contributed by atoms with Gasteiger partial charge in [0.15, 0.2) is 0 Å². The Hall–Kier alpha value is -3.11. The predicted octanol–water partition coefficient (Wildman–Crippen LogP) is 7.47. The first kappa shape index (κ1) is 26.0. The first-order valence-electron chi connectivity index (χ1n) is 12.8. The Bertz CT molecular complexity index is 1180. The summed E-state index contributed by atoms with van der Waals surface area (Å²) in [6.45, 7) is 6.46. The second-order valence-corrected chi connectivity index (χ2v) is 11.1. The fourth-order valence-electron chi connectivity index (χ4n) is 4.85. The van der Waals surface area contributed by atoms with Crippen molar-refractivity contribution in [2.75, 3.05) is 4.90 Å². The van der Waals surface area contributed by atoms with Crippen LogP contribution in [0.15, 0.2) is 78.9 Å². The number of hydrogen-bond acceptors (Lipinski definition) is 2. The summed E-state index contributed by atoms with van der Waals surface area (Å²) in [5, 5.41) is 3.78. The fraction of sp³-hybridized carbons (Fsp3) is 0.355. The van der Waals surface area contributed by atoms with Gasteiger partial charge in [-0.25, -0.2) is 0 Å². The lowest BCUT2D eigenvalue weighted by Crippen LogP contribution is -2.47. The maximum absolute atomic E-state index is 14.0. The van der Waals surface area contributed by atoms with Gasteiger partial charge in [0, 0.05) is 22.3 Å². The summed E-state index contributed by atoms with van der Waals surface area (Å²) >= 11 is 6.37. The van der Waals surface area contributed by atoms with Crippen LogP contribution in [0.2, 0.25) is 5.02 Å². The maximum atomic E-state index is 14.0. The molecule has 0 aromatic heterocycles. The van der Waals surface area contributed by atoms with E-state index < -0.39 is 6.04 Å². The summed E-state index contributed by atoms with van der Waals surface area (Å²) < 4.78 is 0. The van der Waals surface area contributed by atoms with Gasteiger partial charge in [0.2, 0.25) is 5.91 Å². The summed E-state index contributed by atoms with van der Waals surface area (Å²) in [6.07, 6.45) is 5.33. The molecule has 5 heteroatoms. The van der Waals surface area contributed by atoms with Crippen molar-refractivity contribution in [1.29, 1.82) is 0 Å². The number of nitrogens with zero attached hydrogens (tertiary/aromatic N) is 1. The molecule has 36 heavy (non-hydrogen) atoms. The molecule has 0 heterocycles. The zero-order valence-electron chi connectivity index (χ0n) is 21.3. The van der Waals surface area contributed by atoms with Crippen LogP contribution in [0, 0.1) is 0 Å². The van der Waals surface area contributed by atoms with Crippen molar-refractivity contribution >= 4 is 29.1 Å². The Morgan fingerprint density at radius 3 is 2.17 bits per heavy atom. The molecule has 3 aromatic rings. The van der Waals surface area contributed by atoms with Crippen molar-refractivity contribution < 1.29 is 9.59 Å². The SMILES string of the molecule is CC(C)(C)c1ccc(N(C(=O)c2ccccc2)C(C(=O)NC2CCCCC2)c2cccc(Cl)c2)cc1. The van der Waals surface area contributed by atoms with Gasteiger partial charge in [-0.15, -0.1) is 0 Å². The Morgan fingerprint density at radius 1 is 0.889 bits per heavy atom. The van der Waals surface area contributed by atoms with E-state index in [0.29, 0.717) is 21.8 Å². The lowest BCUT2D eigenvalue weighted by molar-refractivity contribution is -0.123. The molecule has 1 saturated carbocycles. The van der Waals surface area contributed by atoms with E-state index in [2.05, 4.69) is 26.1 Å². The summed E-state index contributed by atoms with van der Waals surface area (Å²) in [4.78, 5) is 29.6. The summed E-state index contributed by atoms with van der Waals surface area (Å²) in [5.74, 6) is -0.420. The molecule has 1 aliphatic carbocycles. The number of benzene rings is 3. The highest BCUT2D eigenvalue weighted by atomic mass is 35.5. The maximum Gasteiger partial charge on any atom is 0.259 e. The topological polar surface area (TPSA) is 49.4 Å². The van der Waals surface area contributed by atoms with Crippen LogP contribution in [0.3, 0.4) is 0 Å². The van der Waals surface area contributed by atoms with E-state index in [9.17, 15) is 9.59 Å². The van der Waals surface area contributed by atoms with Crippen LogP contribution in [0.1, 0.15) is 80.4 Å². The first-order valence-corrected chi connectivity index (χ1v) is 13.2. The Labute approximate surface area is 219 Å². The monoisotopic (exact) mass is 502 g/mol. The molecule has 3 aromatic carbocycles. The molecule has 0 aliphatic heterocycles. The van der Waals surface area contributed by atoms with Gasteiger partial charge in [-0.1, -0.05) is 94.1 Å². The van der Waals surface area contributed by atoms with E-state index in [1.165, 1.54) is 6.42 Å². The number of carbonyl (C=O) groups is 2. The fourth-order valence-corrected chi connectivity index (χ4v) is 5.05. The quantitative estimate of drug-likeness (QED) is 0.380. The van der Waals surface area contributed by atoms with E-state index in [-0.39, 0.29) is 23.3 Å². The normalized spacial score (nSPS) is 15.2. The number of amides is 2. The van der Waals surface area contributed by atoms with E-state index in [0.717, 1.165) is 31.2 Å². The van der Waals surface area contributed by atoms with Crippen LogP contribution in [0.4, 0.5) is 5.69 Å². The van der Waals surface area contributed by atoms with Crippen LogP contribution in [0.5, 0.6) is 0 Å². The molecule has 1 atom stereocenters. The molecule has 1 aliphatic rings. The van der Waals surface area contributed by atoms with Crippen LogP contribution in [0.25, 0.3) is 0 Å². The van der Waals surface area contributed by atoms with Gasteiger partial charge in [0.1, 0.15) is 6.04 Å². The zero-order valence-corrected chi connectivity index (χ0v) is 22.1. The van der Waals surface area contributed by atoms with Gasteiger partial charge < -0.3 is 5.32 Å².